The molecular weight excluding hydrogens is 552 g/mol. The molecule has 0 aliphatic carbocycles. The van der Waals surface area contributed by atoms with E-state index in [0.717, 1.165) is 42.7 Å². The van der Waals surface area contributed by atoms with Gasteiger partial charge < -0.3 is 4.74 Å². The maximum absolute atomic E-state index is 15.4. The van der Waals surface area contributed by atoms with Crippen LogP contribution in [0.2, 0.25) is 0 Å². The van der Waals surface area contributed by atoms with Gasteiger partial charge in [-0.1, -0.05) is 61.9 Å². The zero-order valence-electron chi connectivity index (χ0n) is 21.4. The second-order valence-electron chi connectivity index (χ2n) is 9.42. The van der Waals surface area contributed by atoms with Gasteiger partial charge >= 0.3 is 6.11 Å². The molecule has 0 saturated carbocycles. The summed E-state index contributed by atoms with van der Waals surface area (Å²) in [6.07, 6.45) is -2.66. The molecule has 5 aromatic carbocycles. The molecule has 0 aliphatic heterocycles. The summed E-state index contributed by atoms with van der Waals surface area (Å²) in [7, 11) is 0. The molecule has 0 aliphatic rings. The molecule has 5 aromatic rings. The molecule has 9 heteroatoms. The standard InChI is InChI=1S/C32H20F8O/c1-2-3-17-4-6-19(7-5-17)23-13-10-20-14-24(29(36)31(38)27(20)28(23)35)32(39,40)41-22-11-8-18(9-12-22)21-15-25(33)30(37)26(34)16-21/h4-16H,2-3H2,1H3. The lowest BCUT2D eigenvalue weighted by Crippen LogP contribution is -2.24. The number of benzene rings is 5. The highest BCUT2D eigenvalue weighted by Crippen LogP contribution is 2.39. The second-order valence-corrected chi connectivity index (χ2v) is 9.42. The highest BCUT2D eigenvalue weighted by molar-refractivity contribution is 5.89. The van der Waals surface area contributed by atoms with E-state index in [-0.39, 0.29) is 22.1 Å². The molecule has 0 saturated heterocycles. The highest BCUT2D eigenvalue weighted by Gasteiger charge is 2.40. The molecule has 0 radical (unpaired) electrons. The molecule has 0 unspecified atom stereocenters. The van der Waals surface area contributed by atoms with Crippen molar-refractivity contribution in [3.63, 3.8) is 0 Å². The van der Waals surface area contributed by atoms with Crippen molar-refractivity contribution >= 4 is 10.8 Å². The Balaban J connectivity index is 1.46. The lowest BCUT2D eigenvalue weighted by Gasteiger charge is -2.20. The highest BCUT2D eigenvalue weighted by atomic mass is 19.3. The third-order valence-electron chi connectivity index (χ3n) is 6.66. The van der Waals surface area contributed by atoms with Crippen molar-refractivity contribution in [2.75, 3.05) is 0 Å². The fourth-order valence-electron chi connectivity index (χ4n) is 4.60. The van der Waals surface area contributed by atoms with Gasteiger partial charge in [-0.15, -0.1) is 0 Å². The summed E-state index contributed by atoms with van der Waals surface area (Å²) < 4.78 is 121. The lowest BCUT2D eigenvalue weighted by molar-refractivity contribution is -0.187. The van der Waals surface area contributed by atoms with Gasteiger partial charge in [-0.2, -0.15) is 8.78 Å². The summed E-state index contributed by atoms with van der Waals surface area (Å²) in [4.78, 5) is 0. The van der Waals surface area contributed by atoms with Gasteiger partial charge in [0, 0.05) is 5.56 Å². The van der Waals surface area contributed by atoms with Crippen LogP contribution in [0.25, 0.3) is 33.0 Å². The number of hydrogen-bond donors (Lipinski definition) is 0. The first-order valence-electron chi connectivity index (χ1n) is 12.5. The second kappa shape index (κ2) is 10.9. The average molecular weight is 572 g/mol. The minimum Gasteiger partial charge on any atom is -0.429 e. The lowest BCUT2D eigenvalue weighted by atomic mass is 9.97. The molecule has 0 spiro atoms. The van der Waals surface area contributed by atoms with E-state index in [0.29, 0.717) is 11.6 Å². The predicted octanol–water partition coefficient (Wildman–Crippen LogP) is 10.1. The molecule has 1 nitrogen and oxygen atoms in total. The van der Waals surface area contributed by atoms with E-state index in [1.807, 2.05) is 6.92 Å². The predicted molar refractivity (Wildman–Crippen MR) is 140 cm³/mol. The van der Waals surface area contributed by atoms with Crippen molar-refractivity contribution in [2.24, 2.45) is 0 Å². The van der Waals surface area contributed by atoms with Gasteiger partial charge in [0.05, 0.1) is 5.39 Å². The van der Waals surface area contributed by atoms with Gasteiger partial charge in [0.25, 0.3) is 0 Å². The van der Waals surface area contributed by atoms with Crippen LogP contribution < -0.4 is 4.74 Å². The average Bonchev–Trinajstić information content (AvgIpc) is 2.94. The van der Waals surface area contributed by atoms with Crippen molar-refractivity contribution in [3.8, 4) is 28.0 Å². The van der Waals surface area contributed by atoms with Crippen molar-refractivity contribution in [1.82, 2.24) is 0 Å². The minimum absolute atomic E-state index is 0.0179. The van der Waals surface area contributed by atoms with Crippen molar-refractivity contribution in [3.05, 3.63) is 125 Å². The SMILES string of the molecule is CCCc1ccc(-c2ccc3cc(C(F)(F)Oc4ccc(-c5cc(F)c(F)c(F)c5)cc4)c(F)c(F)c3c2F)cc1. The molecule has 0 bridgehead atoms. The summed E-state index contributed by atoms with van der Waals surface area (Å²) in [5, 5.41) is -1.08. The molecule has 0 amide bonds. The van der Waals surface area contributed by atoms with E-state index < -0.39 is 57.7 Å². The number of rotatable bonds is 7. The van der Waals surface area contributed by atoms with E-state index >= 15 is 17.6 Å². The number of hydrogen-bond acceptors (Lipinski definition) is 1. The monoisotopic (exact) mass is 572 g/mol. The van der Waals surface area contributed by atoms with Crippen LogP contribution in [0.15, 0.2) is 78.9 Å². The van der Waals surface area contributed by atoms with Crippen molar-refractivity contribution in [2.45, 2.75) is 25.9 Å². The van der Waals surface area contributed by atoms with Crippen molar-refractivity contribution in [1.29, 1.82) is 0 Å². The molecule has 0 N–H and O–H groups in total. The van der Waals surface area contributed by atoms with Crippen LogP contribution >= 0.6 is 0 Å². The topological polar surface area (TPSA) is 9.23 Å². The van der Waals surface area contributed by atoms with E-state index in [9.17, 15) is 17.6 Å². The number of aryl methyl sites for hydroxylation is 1. The van der Waals surface area contributed by atoms with Crippen LogP contribution in [0, 0.1) is 34.9 Å². The molecule has 0 heterocycles. The summed E-state index contributed by atoms with van der Waals surface area (Å²) in [5.74, 6) is -9.89. The van der Waals surface area contributed by atoms with Crippen LogP contribution in [0.1, 0.15) is 24.5 Å². The van der Waals surface area contributed by atoms with Crippen LogP contribution in [0.4, 0.5) is 35.1 Å². The maximum Gasteiger partial charge on any atom is 0.429 e. The Bertz CT molecular complexity index is 1720. The molecular formula is C32H20F8O. The Labute approximate surface area is 229 Å². The van der Waals surface area contributed by atoms with Gasteiger partial charge in [-0.3, -0.25) is 0 Å². The summed E-state index contributed by atoms with van der Waals surface area (Å²) in [6, 6.07) is 15.8. The summed E-state index contributed by atoms with van der Waals surface area (Å²) in [6.45, 7) is 2.01. The van der Waals surface area contributed by atoms with Gasteiger partial charge in [0.15, 0.2) is 29.1 Å². The Hall–Kier alpha value is -4.40. The van der Waals surface area contributed by atoms with Gasteiger partial charge in [-0.05, 0) is 64.4 Å². The Kier molecular flexibility index (Phi) is 7.46. The third-order valence-corrected chi connectivity index (χ3v) is 6.66. The number of alkyl halides is 2. The van der Waals surface area contributed by atoms with Crippen LogP contribution in [0.5, 0.6) is 5.75 Å². The first kappa shape index (κ1) is 28.1. The van der Waals surface area contributed by atoms with Crippen LogP contribution in [0.3, 0.4) is 0 Å². The van der Waals surface area contributed by atoms with Crippen molar-refractivity contribution < 1.29 is 39.9 Å². The van der Waals surface area contributed by atoms with Gasteiger partial charge in [0.2, 0.25) is 0 Å². The fraction of sp³-hybridized carbons (Fsp3) is 0.125. The molecule has 0 aromatic heterocycles. The molecule has 0 fully saturated rings. The van der Waals surface area contributed by atoms with E-state index in [2.05, 4.69) is 4.74 Å². The van der Waals surface area contributed by atoms with Crippen LogP contribution in [-0.2, 0) is 12.5 Å². The van der Waals surface area contributed by atoms with E-state index in [1.165, 1.54) is 24.3 Å². The quantitative estimate of drug-likeness (QED) is 0.139. The largest absolute Gasteiger partial charge is 0.429 e. The molecule has 0 atom stereocenters. The smallest absolute Gasteiger partial charge is 0.429 e. The Morgan fingerprint density at radius 2 is 1.22 bits per heavy atom. The zero-order valence-corrected chi connectivity index (χ0v) is 21.4. The van der Waals surface area contributed by atoms with Gasteiger partial charge in [-0.25, -0.2) is 26.3 Å². The molecule has 5 rings (SSSR count). The number of ether oxygens (including phenoxy) is 1. The Morgan fingerprint density at radius 1 is 0.610 bits per heavy atom. The zero-order chi connectivity index (χ0) is 29.5. The fourth-order valence-corrected chi connectivity index (χ4v) is 4.60. The van der Waals surface area contributed by atoms with E-state index in [1.54, 1.807) is 24.3 Å². The first-order chi connectivity index (χ1) is 19.5. The third kappa shape index (κ3) is 5.36. The first-order valence-corrected chi connectivity index (χ1v) is 12.5. The number of halogens is 8. The van der Waals surface area contributed by atoms with Gasteiger partial charge in [0.1, 0.15) is 17.1 Å². The summed E-state index contributed by atoms with van der Waals surface area (Å²) in [5.41, 5.74) is 0.0417. The Morgan fingerprint density at radius 3 is 1.83 bits per heavy atom. The number of fused-ring (bicyclic) bond motifs is 1. The molecule has 41 heavy (non-hydrogen) atoms. The van der Waals surface area contributed by atoms with Crippen LogP contribution in [-0.4, -0.2) is 0 Å². The summed E-state index contributed by atoms with van der Waals surface area (Å²) >= 11 is 0. The normalized spacial score (nSPS) is 11.7. The maximum atomic E-state index is 15.4. The molecule has 210 valence electrons. The minimum atomic E-state index is -4.39. The van der Waals surface area contributed by atoms with E-state index in [4.69, 9.17) is 0 Å².